The van der Waals surface area contributed by atoms with Crippen molar-refractivity contribution >= 4 is 27.9 Å². The SMILES string of the molecule is COc1ccc(C(=O)Nc2ccccc2-c2cn3c(CN4CCOCC4)csc3n2)cc1OC. The zero-order valence-electron chi connectivity index (χ0n) is 19.1. The molecule has 34 heavy (non-hydrogen) atoms. The summed E-state index contributed by atoms with van der Waals surface area (Å²) < 4.78 is 18.2. The number of anilines is 1. The predicted octanol–water partition coefficient (Wildman–Crippen LogP) is 4.16. The quantitative estimate of drug-likeness (QED) is 0.430. The molecule has 1 fully saturated rings. The Morgan fingerprint density at radius 3 is 2.71 bits per heavy atom. The van der Waals surface area contributed by atoms with Crippen LogP contribution in [-0.2, 0) is 11.3 Å². The van der Waals surface area contributed by atoms with Crippen LogP contribution in [-0.4, -0.2) is 60.7 Å². The molecule has 1 saturated heterocycles. The average Bonchev–Trinajstić information content (AvgIpc) is 3.46. The van der Waals surface area contributed by atoms with Crippen LogP contribution in [0.2, 0.25) is 0 Å². The molecule has 0 atom stereocenters. The molecule has 4 aromatic rings. The average molecular weight is 479 g/mol. The van der Waals surface area contributed by atoms with Crippen LogP contribution in [0.25, 0.3) is 16.2 Å². The number of carbonyl (C=O) groups is 1. The van der Waals surface area contributed by atoms with E-state index in [1.54, 1.807) is 43.8 Å². The first-order valence-electron chi connectivity index (χ1n) is 11.0. The summed E-state index contributed by atoms with van der Waals surface area (Å²) in [6.45, 7) is 4.27. The lowest BCUT2D eigenvalue weighted by Crippen LogP contribution is -2.35. The smallest absolute Gasteiger partial charge is 0.255 e. The molecular formula is C25H26N4O4S. The molecule has 176 valence electrons. The lowest BCUT2D eigenvalue weighted by molar-refractivity contribution is 0.0336. The molecule has 1 amide bonds. The number of fused-ring (bicyclic) bond motifs is 1. The van der Waals surface area contributed by atoms with Gasteiger partial charge in [-0.05, 0) is 24.3 Å². The number of rotatable bonds is 7. The van der Waals surface area contributed by atoms with Gasteiger partial charge in [0.2, 0.25) is 0 Å². The van der Waals surface area contributed by atoms with Crippen molar-refractivity contribution in [3.05, 3.63) is 65.3 Å². The van der Waals surface area contributed by atoms with Gasteiger partial charge < -0.3 is 19.5 Å². The van der Waals surface area contributed by atoms with Crippen LogP contribution in [0.3, 0.4) is 0 Å². The summed E-state index contributed by atoms with van der Waals surface area (Å²) in [5, 5.41) is 5.19. The minimum Gasteiger partial charge on any atom is -0.493 e. The van der Waals surface area contributed by atoms with Crippen molar-refractivity contribution in [3.8, 4) is 22.8 Å². The summed E-state index contributed by atoms with van der Waals surface area (Å²) in [5.74, 6) is 0.846. The number of thiazole rings is 1. The van der Waals surface area contributed by atoms with Gasteiger partial charge >= 0.3 is 0 Å². The molecule has 0 spiro atoms. The van der Waals surface area contributed by atoms with E-state index in [1.807, 2.05) is 30.5 Å². The van der Waals surface area contributed by atoms with Crippen molar-refractivity contribution in [2.45, 2.75) is 6.54 Å². The number of nitrogens with one attached hydrogen (secondary N) is 1. The Morgan fingerprint density at radius 1 is 1.12 bits per heavy atom. The third kappa shape index (κ3) is 4.50. The molecule has 3 heterocycles. The number of nitrogens with zero attached hydrogens (tertiary/aromatic N) is 3. The second-order valence-electron chi connectivity index (χ2n) is 7.96. The summed E-state index contributed by atoms with van der Waals surface area (Å²) in [7, 11) is 3.11. The molecule has 2 aromatic heterocycles. The second-order valence-corrected chi connectivity index (χ2v) is 8.80. The Labute approximate surface area is 201 Å². The molecule has 9 heteroatoms. The molecule has 1 aliphatic heterocycles. The molecule has 1 N–H and O–H groups in total. The maximum Gasteiger partial charge on any atom is 0.255 e. The zero-order chi connectivity index (χ0) is 23.5. The van der Waals surface area contributed by atoms with Crippen LogP contribution in [0.1, 0.15) is 16.1 Å². The highest BCUT2D eigenvalue weighted by Crippen LogP contribution is 2.31. The Bertz CT molecular complexity index is 1310. The van der Waals surface area contributed by atoms with Gasteiger partial charge in [-0.2, -0.15) is 0 Å². The predicted molar refractivity (Wildman–Crippen MR) is 132 cm³/mol. The van der Waals surface area contributed by atoms with Gasteiger partial charge in [-0.25, -0.2) is 4.98 Å². The monoisotopic (exact) mass is 478 g/mol. The number of imidazole rings is 1. The summed E-state index contributed by atoms with van der Waals surface area (Å²) in [5.41, 5.74) is 4.06. The van der Waals surface area contributed by atoms with Crippen molar-refractivity contribution in [1.82, 2.24) is 14.3 Å². The number of amides is 1. The third-order valence-corrected chi connectivity index (χ3v) is 6.76. The first kappa shape index (κ1) is 22.4. The van der Waals surface area contributed by atoms with Crippen molar-refractivity contribution in [3.63, 3.8) is 0 Å². The molecule has 8 nitrogen and oxygen atoms in total. The number of ether oxygens (including phenoxy) is 3. The van der Waals surface area contributed by atoms with Crippen molar-refractivity contribution in [1.29, 1.82) is 0 Å². The number of carbonyl (C=O) groups excluding carboxylic acids is 1. The van der Waals surface area contributed by atoms with Crippen LogP contribution in [0.5, 0.6) is 11.5 Å². The molecule has 0 aliphatic carbocycles. The van der Waals surface area contributed by atoms with E-state index in [9.17, 15) is 4.79 Å². The number of morpholine rings is 1. The maximum atomic E-state index is 13.0. The van der Waals surface area contributed by atoms with Gasteiger partial charge in [0.15, 0.2) is 16.5 Å². The fraction of sp³-hybridized carbons (Fsp3) is 0.280. The van der Waals surface area contributed by atoms with Crippen LogP contribution in [0.4, 0.5) is 5.69 Å². The highest BCUT2D eigenvalue weighted by molar-refractivity contribution is 7.15. The molecule has 0 radical (unpaired) electrons. The maximum absolute atomic E-state index is 13.0. The van der Waals surface area contributed by atoms with Gasteiger partial charge in [0.1, 0.15) is 0 Å². The van der Waals surface area contributed by atoms with Crippen molar-refractivity contribution < 1.29 is 19.0 Å². The number of hydrogen-bond donors (Lipinski definition) is 1. The standard InChI is InChI=1S/C25H26N4O4S/c1-31-22-8-7-17(13-23(22)32-2)24(30)26-20-6-4-3-5-19(20)21-15-29-18(16-34-25(29)27-21)14-28-9-11-33-12-10-28/h3-8,13,15-16H,9-12,14H2,1-2H3,(H,26,30). The number of hydrogen-bond acceptors (Lipinski definition) is 7. The minimum absolute atomic E-state index is 0.234. The van der Waals surface area contributed by atoms with Gasteiger partial charge in [-0.3, -0.25) is 14.1 Å². The van der Waals surface area contributed by atoms with Crippen molar-refractivity contribution in [2.24, 2.45) is 0 Å². The Balaban J connectivity index is 1.40. The zero-order valence-corrected chi connectivity index (χ0v) is 19.9. The topological polar surface area (TPSA) is 77.3 Å². The molecule has 0 unspecified atom stereocenters. The summed E-state index contributed by atoms with van der Waals surface area (Å²) >= 11 is 1.62. The molecule has 2 aromatic carbocycles. The Morgan fingerprint density at radius 2 is 1.91 bits per heavy atom. The number of benzene rings is 2. The van der Waals surface area contributed by atoms with E-state index < -0.39 is 0 Å². The van der Waals surface area contributed by atoms with Gasteiger partial charge in [0, 0.05) is 48.0 Å². The Kier molecular flexibility index (Phi) is 6.48. The summed E-state index contributed by atoms with van der Waals surface area (Å²) in [6.07, 6.45) is 2.04. The van der Waals surface area contributed by atoms with E-state index in [1.165, 1.54) is 5.69 Å². The first-order chi connectivity index (χ1) is 16.7. The highest BCUT2D eigenvalue weighted by Gasteiger charge is 2.18. The number of aromatic nitrogens is 2. The van der Waals surface area contributed by atoms with Gasteiger partial charge in [0.05, 0.1) is 38.8 Å². The largest absolute Gasteiger partial charge is 0.493 e. The minimum atomic E-state index is -0.234. The molecule has 1 aliphatic rings. The lowest BCUT2D eigenvalue weighted by Gasteiger charge is -2.26. The van der Waals surface area contributed by atoms with Crippen LogP contribution in [0.15, 0.2) is 54.0 Å². The van der Waals surface area contributed by atoms with Crippen LogP contribution >= 0.6 is 11.3 Å². The lowest BCUT2D eigenvalue weighted by atomic mass is 10.1. The van der Waals surface area contributed by atoms with E-state index >= 15 is 0 Å². The molecule has 5 rings (SSSR count). The van der Waals surface area contributed by atoms with E-state index in [4.69, 9.17) is 19.2 Å². The van der Waals surface area contributed by atoms with E-state index in [0.29, 0.717) is 22.7 Å². The van der Waals surface area contributed by atoms with E-state index in [0.717, 1.165) is 49.1 Å². The van der Waals surface area contributed by atoms with Crippen molar-refractivity contribution in [2.75, 3.05) is 45.8 Å². The van der Waals surface area contributed by atoms with Gasteiger partial charge in [0.25, 0.3) is 5.91 Å². The van der Waals surface area contributed by atoms with Gasteiger partial charge in [-0.15, -0.1) is 11.3 Å². The van der Waals surface area contributed by atoms with Crippen LogP contribution < -0.4 is 14.8 Å². The van der Waals surface area contributed by atoms with E-state index in [-0.39, 0.29) is 5.91 Å². The fourth-order valence-corrected chi connectivity index (χ4v) is 4.91. The normalized spacial score (nSPS) is 14.3. The highest BCUT2D eigenvalue weighted by atomic mass is 32.1. The second kappa shape index (κ2) is 9.84. The molecule has 0 bridgehead atoms. The fourth-order valence-electron chi connectivity index (χ4n) is 4.05. The third-order valence-electron chi connectivity index (χ3n) is 5.87. The van der Waals surface area contributed by atoms with Gasteiger partial charge in [-0.1, -0.05) is 18.2 Å². The molecule has 0 saturated carbocycles. The van der Waals surface area contributed by atoms with E-state index in [2.05, 4.69) is 20.0 Å². The summed E-state index contributed by atoms with van der Waals surface area (Å²) in [4.78, 5) is 21.2. The first-order valence-corrected chi connectivity index (χ1v) is 11.9. The number of para-hydroxylation sites is 1. The number of methoxy groups -OCH3 is 2. The summed E-state index contributed by atoms with van der Waals surface area (Å²) in [6, 6.07) is 12.8. The molecular weight excluding hydrogens is 452 g/mol. The van der Waals surface area contributed by atoms with Crippen LogP contribution in [0, 0.1) is 0 Å². The Hall–Kier alpha value is -3.40.